The normalized spacial score (nSPS) is 14.3. The number of carbonyl (C=O) groups excluding carboxylic acids is 2. The van der Waals surface area contributed by atoms with Crippen LogP contribution < -0.4 is 15.0 Å². The van der Waals surface area contributed by atoms with Gasteiger partial charge in [0.2, 0.25) is 11.8 Å². The Morgan fingerprint density at radius 2 is 1.85 bits per heavy atom. The fraction of sp³-hybridized carbons (Fsp3) is 0.364. The van der Waals surface area contributed by atoms with Gasteiger partial charge in [0.1, 0.15) is 11.2 Å². The second-order valence-corrected chi connectivity index (χ2v) is 6.82. The number of anilines is 1. The van der Waals surface area contributed by atoms with E-state index >= 15 is 0 Å². The molecule has 1 fully saturated rings. The molecule has 2 aromatic carbocycles. The van der Waals surface area contributed by atoms with Crippen molar-refractivity contribution in [1.82, 2.24) is 5.32 Å². The van der Waals surface area contributed by atoms with Gasteiger partial charge in [0.25, 0.3) is 0 Å². The minimum absolute atomic E-state index is 0.102. The molecule has 27 heavy (non-hydrogen) atoms. The van der Waals surface area contributed by atoms with Gasteiger partial charge in [-0.1, -0.05) is 30.3 Å². The fourth-order valence-electron chi connectivity index (χ4n) is 3.29. The van der Waals surface area contributed by atoms with Crippen LogP contribution in [0.5, 0.6) is 5.75 Å². The van der Waals surface area contributed by atoms with Gasteiger partial charge < -0.3 is 15.0 Å². The molecule has 5 nitrogen and oxygen atoms in total. The first-order valence-corrected chi connectivity index (χ1v) is 9.39. The predicted molar refractivity (Wildman–Crippen MR) is 106 cm³/mol. The summed E-state index contributed by atoms with van der Waals surface area (Å²) in [7, 11) is 1.63. The van der Waals surface area contributed by atoms with E-state index in [1.807, 2.05) is 61.5 Å². The average Bonchev–Trinajstić information content (AvgIpc) is 3.51. The molecule has 0 radical (unpaired) electrons. The Labute approximate surface area is 160 Å². The Morgan fingerprint density at radius 1 is 1.11 bits per heavy atom. The van der Waals surface area contributed by atoms with E-state index in [1.54, 1.807) is 12.0 Å². The van der Waals surface area contributed by atoms with Gasteiger partial charge in [-0.05, 0) is 56.0 Å². The van der Waals surface area contributed by atoms with Crippen molar-refractivity contribution in [2.24, 2.45) is 5.41 Å². The first-order chi connectivity index (χ1) is 13.1. The lowest BCUT2D eigenvalue weighted by molar-refractivity contribution is -0.135. The van der Waals surface area contributed by atoms with Crippen molar-refractivity contribution >= 4 is 17.5 Å². The summed E-state index contributed by atoms with van der Waals surface area (Å²) in [6.07, 6.45) is 1.92. The standard InChI is InChI=1S/C22H26N2O3/c1-3-24(18-9-5-4-6-10-18)21(26)22(13-14-22)20(25)23-15-12-17-8-7-11-19(16-17)27-2/h4-11,16H,3,12-15H2,1-2H3,(H,23,25). The van der Waals surface area contributed by atoms with Crippen LogP contribution >= 0.6 is 0 Å². The Balaban J connectivity index is 1.61. The SMILES string of the molecule is CCN(C(=O)C1(C(=O)NCCc2cccc(OC)c2)CC1)c1ccccc1. The molecule has 0 saturated heterocycles. The Hall–Kier alpha value is -2.82. The van der Waals surface area contributed by atoms with Gasteiger partial charge in [0.15, 0.2) is 0 Å². The van der Waals surface area contributed by atoms with E-state index in [0.717, 1.165) is 17.0 Å². The third kappa shape index (κ3) is 4.13. The summed E-state index contributed by atoms with van der Waals surface area (Å²) in [4.78, 5) is 27.5. The molecular formula is C22H26N2O3. The highest BCUT2D eigenvalue weighted by atomic mass is 16.5. The van der Waals surface area contributed by atoms with E-state index in [-0.39, 0.29) is 11.8 Å². The summed E-state index contributed by atoms with van der Waals surface area (Å²) in [5, 5.41) is 2.96. The van der Waals surface area contributed by atoms with E-state index in [4.69, 9.17) is 4.74 Å². The quantitative estimate of drug-likeness (QED) is 0.730. The summed E-state index contributed by atoms with van der Waals surface area (Å²) in [6.45, 7) is 2.97. The topological polar surface area (TPSA) is 58.6 Å². The van der Waals surface area contributed by atoms with Gasteiger partial charge in [-0.2, -0.15) is 0 Å². The van der Waals surface area contributed by atoms with E-state index in [1.165, 1.54) is 0 Å². The van der Waals surface area contributed by atoms with Crippen LogP contribution in [0.2, 0.25) is 0 Å². The van der Waals surface area contributed by atoms with Crippen molar-refractivity contribution in [1.29, 1.82) is 0 Å². The number of ether oxygens (including phenoxy) is 1. The van der Waals surface area contributed by atoms with Gasteiger partial charge in [-0.25, -0.2) is 0 Å². The molecule has 2 aromatic rings. The van der Waals surface area contributed by atoms with Crippen LogP contribution in [0, 0.1) is 5.41 Å². The van der Waals surface area contributed by atoms with E-state index in [2.05, 4.69) is 5.32 Å². The first-order valence-electron chi connectivity index (χ1n) is 9.39. The van der Waals surface area contributed by atoms with Crippen LogP contribution in [0.25, 0.3) is 0 Å². The predicted octanol–water partition coefficient (Wildman–Crippen LogP) is 3.19. The molecule has 1 aliphatic rings. The highest BCUT2D eigenvalue weighted by Gasteiger charge is 2.57. The minimum atomic E-state index is -0.903. The lowest BCUT2D eigenvalue weighted by Gasteiger charge is -2.26. The largest absolute Gasteiger partial charge is 0.497 e. The number of amides is 2. The summed E-state index contributed by atoms with van der Waals surface area (Å²) in [6, 6.07) is 17.3. The Bertz CT molecular complexity index is 800. The zero-order valence-corrected chi connectivity index (χ0v) is 15.9. The molecule has 1 aliphatic carbocycles. The second-order valence-electron chi connectivity index (χ2n) is 6.82. The molecule has 142 valence electrons. The Kier molecular flexibility index (Phi) is 5.79. The molecule has 2 amide bonds. The van der Waals surface area contributed by atoms with Crippen molar-refractivity contribution < 1.29 is 14.3 Å². The van der Waals surface area contributed by atoms with Crippen LogP contribution in [0.4, 0.5) is 5.69 Å². The maximum Gasteiger partial charge on any atom is 0.242 e. The zero-order valence-electron chi connectivity index (χ0n) is 15.9. The number of rotatable bonds is 8. The lowest BCUT2D eigenvalue weighted by atomic mass is 10.0. The molecule has 1 N–H and O–H groups in total. The van der Waals surface area contributed by atoms with Crippen molar-refractivity contribution in [3.63, 3.8) is 0 Å². The van der Waals surface area contributed by atoms with Crippen LogP contribution in [0.3, 0.4) is 0 Å². The van der Waals surface area contributed by atoms with Crippen LogP contribution in [0.1, 0.15) is 25.3 Å². The second kappa shape index (κ2) is 8.25. The summed E-state index contributed by atoms with van der Waals surface area (Å²) >= 11 is 0. The third-order valence-electron chi connectivity index (χ3n) is 5.06. The molecule has 0 bridgehead atoms. The van der Waals surface area contributed by atoms with E-state index in [9.17, 15) is 9.59 Å². The van der Waals surface area contributed by atoms with E-state index < -0.39 is 5.41 Å². The number of para-hydroxylation sites is 1. The molecule has 0 spiro atoms. The Morgan fingerprint density at radius 3 is 2.48 bits per heavy atom. The van der Waals surface area contributed by atoms with Crippen molar-refractivity contribution in [2.45, 2.75) is 26.2 Å². The molecule has 0 heterocycles. The molecular weight excluding hydrogens is 340 g/mol. The number of methoxy groups -OCH3 is 1. The number of hydrogen-bond acceptors (Lipinski definition) is 3. The number of benzene rings is 2. The molecule has 1 saturated carbocycles. The summed E-state index contributed by atoms with van der Waals surface area (Å²) in [5.41, 5.74) is 1.02. The maximum absolute atomic E-state index is 13.1. The fourth-order valence-corrected chi connectivity index (χ4v) is 3.29. The van der Waals surface area contributed by atoms with E-state index in [0.29, 0.717) is 32.4 Å². The molecule has 0 atom stereocenters. The van der Waals surface area contributed by atoms with Crippen LogP contribution in [0.15, 0.2) is 54.6 Å². The maximum atomic E-state index is 13.1. The van der Waals surface area contributed by atoms with Crippen LogP contribution in [-0.4, -0.2) is 32.0 Å². The summed E-state index contributed by atoms with van der Waals surface area (Å²) < 4.78 is 5.22. The van der Waals surface area contributed by atoms with Gasteiger partial charge in [-0.3, -0.25) is 9.59 Å². The number of hydrogen-bond donors (Lipinski definition) is 1. The monoisotopic (exact) mass is 366 g/mol. The average molecular weight is 366 g/mol. The van der Waals surface area contributed by atoms with Gasteiger partial charge in [-0.15, -0.1) is 0 Å². The highest BCUT2D eigenvalue weighted by molar-refractivity contribution is 6.14. The van der Waals surface area contributed by atoms with Gasteiger partial charge in [0, 0.05) is 18.8 Å². The number of carbonyl (C=O) groups is 2. The van der Waals surface area contributed by atoms with Crippen LogP contribution in [-0.2, 0) is 16.0 Å². The highest BCUT2D eigenvalue weighted by Crippen LogP contribution is 2.48. The van der Waals surface area contributed by atoms with Gasteiger partial charge in [0.05, 0.1) is 7.11 Å². The molecule has 3 rings (SSSR count). The minimum Gasteiger partial charge on any atom is -0.497 e. The first kappa shape index (κ1) is 19.0. The molecule has 0 aliphatic heterocycles. The molecule has 5 heteroatoms. The van der Waals surface area contributed by atoms with Crippen molar-refractivity contribution in [3.05, 3.63) is 60.2 Å². The van der Waals surface area contributed by atoms with Crippen molar-refractivity contribution in [2.75, 3.05) is 25.1 Å². The summed E-state index contributed by atoms with van der Waals surface area (Å²) in [5.74, 6) is 0.536. The smallest absolute Gasteiger partial charge is 0.242 e. The van der Waals surface area contributed by atoms with Gasteiger partial charge >= 0.3 is 0 Å². The molecule has 0 aromatic heterocycles. The molecule has 0 unspecified atom stereocenters. The lowest BCUT2D eigenvalue weighted by Crippen LogP contribution is -2.45. The zero-order chi connectivity index (χ0) is 19.3. The number of nitrogens with one attached hydrogen (secondary N) is 1. The third-order valence-corrected chi connectivity index (χ3v) is 5.06. The number of nitrogens with zero attached hydrogens (tertiary/aromatic N) is 1. The van der Waals surface area contributed by atoms with Crippen molar-refractivity contribution in [3.8, 4) is 5.75 Å².